The molecule has 22 heavy (non-hydrogen) atoms. The number of oxime groups is 1. The van der Waals surface area contributed by atoms with Gasteiger partial charge in [0.15, 0.2) is 6.61 Å². The average Bonchev–Trinajstić information content (AvgIpc) is 2.54. The Hall–Kier alpha value is -2.69. The molecule has 4 nitrogen and oxygen atoms in total. The van der Waals surface area contributed by atoms with E-state index in [1.54, 1.807) is 12.1 Å². The molecular weight excluding hydrogens is 283 g/mol. The van der Waals surface area contributed by atoms with Crippen molar-refractivity contribution < 1.29 is 14.0 Å². The molecule has 2 rings (SSSR count). The van der Waals surface area contributed by atoms with Crippen molar-refractivity contribution >= 4 is 17.8 Å². The van der Waals surface area contributed by atoms with Crippen molar-refractivity contribution in [2.75, 3.05) is 11.9 Å². The number of hydrogen-bond donors (Lipinski definition) is 1. The van der Waals surface area contributed by atoms with Gasteiger partial charge < -0.3 is 10.2 Å². The summed E-state index contributed by atoms with van der Waals surface area (Å²) in [5.41, 5.74) is 2.61. The minimum atomic E-state index is -0.313. The fraction of sp³-hybridized carbons (Fsp3) is 0.176. The molecule has 114 valence electrons. The molecule has 1 N–H and O–H groups in total. The third-order valence-electron chi connectivity index (χ3n) is 2.99. The van der Waals surface area contributed by atoms with Crippen LogP contribution in [-0.4, -0.2) is 18.7 Å². The van der Waals surface area contributed by atoms with Crippen molar-refractivity contribution in [2.24, 2.45) is 5.16 Å². The minimum Gasteiger partial charge on any atom is -0.386 e. The molecule has 2 aromatic carbocycles. The van der Waals surface area contributed by atoms with Crippen molar-refractivity contribution in [1.29, 1.82) is 0 Å². The summed E-state index contributed by atoms with van der Waals surface area (Å²) < 4.78 is 12.7. The summed E-state index contributed by atoms with van der Waals surface area (Å²) in [5.74, 6) is -0.605. The smallest absolute Gasteiger partial charge is 0.265 e. The van der Waals surface area contributed by atoms with E-state index in [9.17, 15) is 9.18 Å². The molecule has 0 heterocycles. The van der Waals surface area contributed by atoms with Gasteiger partial charge >= 0.3 is 0 Å². The van der Waals surface area contributed by atoms with Crippen LogP contribution in [0.1, 0.15) is 18.1 Å². The van der Waals surface area contributed by atoms with Gasteiger partial charge in [-0.25, -0.2) is 4.39 Å². The molecule has 0 aromatic heterocycles. The van der Waals surface area contributed by atoms with Crippen LogP contribution in [0.25, 0.3) is 0 Å². The van der Waals surface area contributed by atoms with Crippen LogP contribution >= 0.6 is 0 Å². The van der Waals surface area contributed by atoms with Crippen LogP contribution in [0.3, 0.4) is 0 Å². The van der Waals surface area contributed by atoms with Gasteiger partial charge in [0.2, 0.25) is 0 Å². The summed E-state index contributed by atoms with van der Waals surface area (Å²) in [6.45, 7) is 1.88. The number of rotatable bonds is 6. The summed E-state index contributed by atoms with van der Waals surface area (Å²) in [6.07, 6.45) is 2.37. The number of carbonyl (C=O) groups is 1. The van der Waals surface area contributed by atoms with Gasteiger partial charge in [0.05, 0.1) is 6.21 Å². The first kappa shape index (κ1) is 15.7. The van der Waals surface area contributed by atoms with E-state index in [1.165, 1.54) is 23.9 Å². The number of hydrogen-bond acceptors (Lipinski definition) is 3. The van der Waals surface area contributed by atoms with Crippen LogP contribution in [0.4, 0.5) is 10.1 Å². The number of nitrogens with zero attached hydrogens (tertiary/aromatic N) is 1. The molecule has 0 radical (unpaired) electrons. The van der Waals surface area contributed by atoms with Crippen molar-refractivity contribution in [2.45, 2.75) is 13.3 Å². The van der Waals surface area contributed by atoms with Crippen LogP contribution < -0.4 is 5.32 Å². The van der Waals surface area contributed by atoms with Gasteiger partial charge in [-0.05, 0) is 41.8 Å². The number of aryl methyl sites for hydroxylation is 1. The lowest BCUT2D eigenvalue weighted by atomic mass is 10.1. The maximum Gasteiger partial charge on any atom is 0.265 e. The Kier molecular flexibility index (Phi) is 5.65. The van der Waals surface area contributed by atoms with Gasteiger partial charge in [-0.3, -0.25) is 4.79 Å². The van der Waals surface area contributed by atoms with E-state index in [-0.39, 0.29) is 18.3 Å². The maximum absolute atomic E-state index is 12.7. The van der Waals surface area contributed by atoms with E-state index in [4.69, 9.17) is 4.84 Å². The summed E-state index contributed by atoms with van der Waals surface area (Å²) in [5, 5.41) is 6.38. The Morgan fingerprint density at radius 1 is 1.18 bits per heavy atom. The molecular formula is C17H17FN2O2. The Labute approximate surface area is 128 Å². The van der Waals surface area contributed by atoms with Gasteiger partial charge in [-0.1, -0.05) is 36.3 Å². The second-order valence-corrected chi connectivity index (χ2v) is 4.66. The van der Waals surface area contributed by atoms with Gasteiger partial charge in [-0.2, -0.15) is 0 Å². The Balaban J connectivity index is 1.76. The number of amides is 1. The van der Waals surface area contributed by atoms with Gasteiger partial charge in [0.1, 0.15) is 5.82 Å². The van der Waals surface area contributed by atoms with E-state index in [1.807, 2.05) is 24.3 Å². The fourth-order valence-corrected chi connectivity index (χ4v) is 1.76. The first-order valence-corrected chi connectivity index (χ1v) is 6.97. The van der Waals surface area contributed by atoms with E-state index >= 15 is 0 Å². The SMILES string of the molecule is CCc1ccc(NC(=O)CO/N=C/c2ccc(F)cc2)cc1. The molecule has 1 amide bonds. The van der Waals surface area contributed by atoms with Crippen LogP contribution in [-0.2, 0) is 16.1 Å². The zero-order valence-corrected chi connectivity index (χ0v) is 12.3. The maximum atomic E-state index is 12.7. The van der Waals surface area contributed by atoms with E-state index < -0.39 is 0 Å². The fourth-order valence-electron chi connectivity index (χ4n) is 1.76. The van der Waals surface area contributed by atoms with Gasteiger partial charge in [-0.15, -0.1) is 0 Å². The lowest BCUT2D eigenvalue weighted by Crippen LogP contribution is -2.16. The number of benzene rings is 2. The second kappa shape index (κ2) is 7.93. The Bertz CT molecular complexity index is 637. The van der Waals surface area contributed by atoms with Crippen molar-refractivity contribution in [3.8, 4) is 0 Å². The van der Waals surface area contributed by atoms with Crippen LogP contribution in [0.15, 0.2) is 53.7 Å². The molecule has 0 aliphatic rings. The third-order valence-corrected chi connectivity index (χ3v) is 2.99. The minimum absolute atomic E-state index is 0.187. The van der Waals surface area contributed by atoms with Crippen molar-refractivity contribution in [3.05, 3.63) is 65.5 Å². The topological polar surface area (TPSA) is 50.7 Å². The quantitative estimate of drug-likeness (QED) is 0.657. The van der Waals surface area contributed by atoms with Gasteiger partial charge in [0.25, 0.3) is 5.91 Å². The zero-order chi connectivity index (χ0) is 15.8. The molecule has 0 atom stereocenters. The third kappa shape index (κ3) is 5.01. The summed E-state index contributed by atoms with van der Waals surface area (Å²) >= 11 is 0. The standard InChI is InChI=1S/C17H17FN2O2/c1-2-13-5-9-16(10-6-13)20-17(21)12-22-19-11-14-3-7-15(18)8-4-14/h3-11H,2,12H2,1H3,(H,20,21)/b19-11+. The highest BCUT2D eigenvalue weighted by atomic mass is 19.1. The first-order valence-electron chi connectivity index (χ1n) is 6.97. The molecule has 5 heteroatoms. The first-order chi connectivity index (χ1) is 10.7. The summed E-state index contributed by atoms with van der Waals surface area (Å²) in [6, 6.07) is 13.4. The van der Waals surface area contributed by atoms with Gasteiger partial charge in [0, 0.05) is 5.69 Å². The predicted molar refractivity (Wildman–Crippen MR) is 84.4 cm³/mol. The Morgan fingerprint density at radius 3 is 2.50 bits per heavy atom. The van der Waals surface area contributed by atoms with Crippen LogP contribution in [0, 0.1) is 5.82 Å². The molecule has 0 aliphatic heterocycles. The monoisotopic (exact) mass is 300 g/mol. The van der Waals surface area contributed by atoms with E-state index in [2.05, 4.69) is 17.4 Å². The molecule has 0 spiro atoms. The molecule has 0 bridgehead atoms. The number of carbonyl (C=O) groups excluding carboxylic acids is 1. The lowest BCUT2D eigenvalue weighted by Gasteiger charge is -2.05. The largest absolute Gasteiger partial charge is 0.386 e. The molecule has 0 saturated heterocycles. The van der Waals surface area contributed by atoms with Crippen molar-refractivity contribution in [3.63, 3.8) is 0 Å². The van der Waals surface area contributed by atoms with Crippen molar-refractivity contribution in [1.82, 2.24) is 0 Å². The lowest BCUT2D eigenvalue weighted by molar-refractivity contribution is -0.120. The normalized spacial score (nSPS) is 10.6. The summed E-state index contributed by atoms with van der Waals surface area (Å²) in [7, 11) is 0. The molecule has 0 fully saturated rings. The number of anilines is 1. The van der Waals surface area contributed by atoms with Crippen LogP contribution in [0.5, 0.6) is 0 Å². The van der Waals surface area contributed by atoms with E-state index in [0.29, 0.717) is 11.3 Å². The molecule has 0 saturated carbocycles. The highest BCUT2D eigenvalue weighted by Gasteiger charge is 2.02. The molecule has 0 aliphatic carbocycles. The molecule has 2 aromatic rings. The number of nitrogens with one attached hydrogen (secondary N) is 1. The van der Waals surface area contributed by atoms with Crippen LogP contribution in [0.2, 0.25) is 0 Å². The Morgan fingerprint density at radius 2 is 1.86 bits per heavy atom. The highest BCUT2D eigenvalue weighted by Crippen LogP contribution is 2.09. The van der Waals surface area contributed by atoms with E-state index in [0.717, 1.165) is 6.42 Å². The number of halogens is 1. The molecule has 0 unspecified atom stereocenters. The highest BCUT2D eigenvalue weighted by molar-refractivity contribution is 5.91. The predicted octanol–water partition coefficient (Wildman–Crippen LogP) is 3.38. The second-order valence-electron chi connectivity index (χ2n) is 4.66. The zero-order valence-electron chi connectivity index (χ0n) is 12.3. The average molecular weight is 300 g/mol. The summed E-state index contributed by atoms with van der Waals surface area (Å²) in [4.78, 5) is 16.6.